The van der Waals surface area contributed by atoms with E-state index in [1.54, 1.807) is 0 Å². The fourth-order valence-corrected chi connectivity index (χ4v) is 5.83. The van der Waals surface area contributed by atoms with Crippen LogP contribution in [0.4, 0.5) is 0 Å². The number of aryl methyl sites for hydroxylation is 1. The van der Waals surface area contributed by atoms with Gasteiger partial charge in [0.15, 0.2) is 11.3 Å². The van der Waals surface area contributed by atoms with Crippen molar-refractivity contribution in [3.05, 3.63) is 41.8 Å². The number of ether oxygens (including phenoxy) is 2. The van der Waals surface area contributed by atoms with E-state index < -0.39 is 8.07 Å². The first-order valence-corrected chi connectivity index (χ1v) is 16.3. The van der Waals surface area contributed by atoms with E-state index in [1.165, 1.54) is 0 Å². The van der Waals surface area contributed by atoms with E-state index in [0.717, 1.165) is 66.0 Å². The number of rotatable bonds is 10. The van der Waals surface area contributed by atoms with Gasteiger partial charge in [-0.3, -0.25) is 4.40 Å². The van der Waals surface area contributed by atoms with Crippen LogP contribution in [0.5, 0.6) is 0 Å². The molecule has 1 saturated carbocycles. The summed E-state index contributed by atoms with van der Waals surface area (Å²) < 4.78 is 21.6. The van der Waals surface area contributed by atoms with Gasteiger partial charge < -0.3 is 18.6 Å². The van der Waals surface area contributed by atoms with Crippen molar-refractivity contribution < 1.29 is 14.0 Å². The monoisotopic (exact) mass is 496 g/mol. The van der Waals surface area contributed by atoms with Crippen molar-refractivity contribution in [2.45, 2.75) is 84.2 Å². The van der Waals surface area contributed by atoms with Crippen molar-refractivity contribution in [2.75, 3.05) is 6.61 Å². The Kier molecular flexibility index (Phi) is 6.78. The van der Waals surface area contributed by atoms with Crippen molar-refractivity contribution in [1.82, 2.24) is 29.3 Å². The Labute approximate surface area is 206 Å². The first-order valence-electron chi connectivity index (χ1n) is 12.6. The van der Waals surface area contributed by atoms with Gasteiger partial charge in [0.25, 0.3) is 0 Å². The zero-order chi connectivity index (χ0) is 24.6. The second kappa shape index (κ2) is 9.83. The molecule has 1 fully saturated rings. The van der Waals surface area contributed by atoms with Crippen molar-refractivity contribution in [1.29, 1.82) is 0 Å². The summed E-state index contributed by atoms with van der Waals surface area (Å²) in [5.41, 5.74) is 3.54. The van der Waals surface area contributed by atoms with Crippen LogP contribution in [0, 0.1) is 12.8 Å². The average molecular weight is 497 g/mol. The third-order valence-electron chi connectivity index (χ3n) is 7.05. The molecule has 10 heteroatoms. The maximum Gasteiger partial charge on any atom is 0.179 e. The van der Waals surface area contributed by atoms with Gasteiger partial charge in [0.1, 0.15) is 24.0 Å². The minimum atomic E-state index is -1.11. The summed E-state index contributed by atoms with van der Waals surface area (Å²) in [6.45, 7) is 13.0. The number of fused-ring (bicyclic) bond motifs is 3. The fourth-order valence-electron chi connectivity index (χ4n) is 5.08. The van der Waals surface area contributed by atoms with Crippen LogP contribution in [0.15, 0.2) is 29.0 Å². The largest absolute Gasteiger partial charge is 0.372 e. The van der Waals surface area contributed by atoms with Crippen LogP contribution < -0.4 is 0 Å². The SMILES string of the molecule is CC[C@@H]1C[C@@H](OCc2cc(C)on2)C[C@@H]1c1nnc2cnc3c(ccn3COCC[Si](C)(C)C)n12. The second-order valence-corrected chi connectivity index (χ2v) is 16.6. The summed E-state index contributed by atoms with van der Waals surface area (Å²) in [6.07, 6.45) is 7.02. The molecule has 0 spiro atoms. The first-order chi connectivity index (χ1) is 16.8. The minimum Gasteiger partial charge on any atom is -0.372 e. The molecule has 0 unspecified atom stereocenters. The Balaban J connectivity index is 1.35. The highest BCUT2D eigenvalue weighted by Gasteiger charge is 2.38. The zero-order valence-corrected chi connectivity index (χ0v) is 22.4. The van der Waals surface area contributed by atoms with Gasteiger partial charge in [-0.15, -0.1) is 10.2 Å². The van der Waals surface area contributed by atoms with Crippen LogP contribution >= 0.6 is 0 Å². The number of aromatic nitrogens is 6. The van der Waals surface area contributed by atoms with E-state index in [-0.39, 0.29) is 12.0 Å². The first kappa shape index (κ1) is 24.1. The van der Waals surface area contributed by atoms with Crippen molar-refractivity contribution >= 4 is 24.9 Å². The molecule has 35 heavy (non-hydrogen) atoms. The van der Waals surface area contributed by atoms with Crippen LogP contribution in [-0.2, 0) is 22.8 Å². The normalized spacial score (nSPS) is 21.0. The Morgan fingerprint density at radius 3 is 2.80 bits per heavy atom. The molecule has 0 radical (unpaired) electrons. The molecule has 1 aliphatic carbocycles. The molecule has 0 aliphatic heterocycles. The topological polar surface area (TPSA) is 92.5 Å². The van der Waals surface area contributed by atoms with Gasteiger partial charge in [0, 0.05) is 32.9 Å². The quantitative estimate of drug-likeness (QED) is 0.221. The molecule has 4 aromatic heterocycles. The molecule has 3 atom stereocenters. The molecule has 4 aromatic rings. The summed E-state index contributed by atoms with van der Waals surface area (Å²) in [5, 5.41) is 13.2. The van der Waals surface area contributed by atoms with Gasteiger partial charge in [0.2, 0.25) is 0 Å². The smallest absolute Gasteiger partial charge is 0.179 e. The highest BCUT2D eigenvalue weighted by atomic mass is 28.3. The van der Waals surface area contributed by atoms with Crippen LogP contribution in [-0.4, -0.2) is 50.1 Å². The Morgan fingerprint density at radius 1 is 1.20 bits per heavy atom. The lowest BCUT2D eigenvalue weighted by molar-refractivity contribution is 0.0390. The van der Waals surface area contributed by atoms with Crippen LogP contribution in [0.25, 0.3) is 16.8 Å². The van der Waals surface area contributed by atoms with Crippen LogP contribution in [0.3, 0.4) is 0 Å². The van der Waals surface area contributed by atoms with Crippen LogP contribution in [0.2, 0.25) is 25.7 Å². The Hall–Kier alpha value is -2.56. The van der Waals surface area contributed by atoms with E-state index >= 15 is 0 Å². The average Bonchev–Trinajstić information content (AvgIpc) is 3.59. The van der Waals surface area contributed by atoms with Gasteiger partial charge in [0.05, 0.1) is 24.4 Å². The second-order valence-electron chi connectivity index (χ2n) is 11.0. The van der Waals surface area contributed by atoms with E-state index in [2.05, 4.69) is 61.9 Å². The maximum atomic E-state index is 6.24. The van der Waals surface area contributed by atoms with Gasteiger partial charge in [-0.1, -0.05) is 38.1 Å². The lowest BCUT2D eigenvalue weighted by atomic mass is 9.93. The Bertz CT molecular complexity index is 1290. The molecule has 5 rings (SSSR count). The third kappa shape index (κ3) is 5.19. The zero-order valence-electron chi connectivity index (χ0n) is 21.4. The molecular weight excluding hydrogens is 460 g/mol. The molecule has 9 nitrogen and oxygen atoms in total. The predicted octanol–water partition coefficient (Wildman–Crippen LogP) is 5.18. The summed E-state index contributed by atoms with van der Waals surface area (Å²) in [7, 11) is -1.11. The summed E-state index contributed by atoms with van der Waals surface area (Å²) in [5.74, 6) is 2.57. The highest BCUT2D eigenvalue weighted by Crippen LogP contribution is 2.42. The van der Waals surface area contributed by atoms with Crippen molar-refractivity contribution in [2.24, 2.45) is 5.92 Å². The fraction of sp³-hybridized carbons (Fsp3) is 0.600. The minimum absolute atomic E-state index is 0.163. The number of hydrogen-bond donors (Lipinski definition) is 0. The predicted molar refractivity (Wildman–Crippen MR) is 136 cm³/mol. The van der Waals surface area contributed by atoms with Gasteiger partial charge in [-0.25, -0.2) is 4.98 Å². The Morgan fingerprint density at radius 2 is 2.06 bits per heavy atom. The molecule has 1 aliphatic rings. The van der Waals surface area contributed by atoms with Gasteiger partial charge in [-0.05, 0) is 37.8 Å². The molecule has 0 saturated heterocycles. The van der Waals surface area contributed by atoms with Gasteiger partial charge >= 0.3 is 0 Å². The highest BCUT2D eigenvalue weighted by molar-refractivity contribution is 6.76. The molecule has 188 valence electrons. The van der Waals surface area contributed by atoms with E-state index in [9.17, 15) is 0 Å². The van der Waals surface area contributed by atoms with E-state index in [0.29, 0.717) is 19.3 Å². The molecule has 4 heterocycles. The van der Waals surface area contributed by atoms with E-state index in [1.807, 2.05) is 25.4 Å². The summed E-state index contributed by atoms with van der Waals surface area (Å²) >= 11 is 0. The number of nitrogens with zero attached hydrogens (tertiary/aromatic N) is 6. The lowest BCUT2D eigenvalue weighted by Gasteiger charge is -2.16. The van der Waals surface area contributed by atoms with Crippen LogP contribution in [0.1, 0.15) is 49.4 Å². The molecule has 0 amide bonds. The van der Waals surface area contributed by atoms with Crippen molar-refractivity contribution in [3.63, 3.8) is 0 Å². The number of hydrogen-bond acceptors (Lipinski definition) is 7. The van der Waals surface area contributed by atoms with E-state index in [4.69, 9.17) is 14.0 Å². The summed E-state index contributed by atoms with van der Waals surface area (Å²) in [6, 6.07) is 5.18. The van der Waals surface area contributed by atoms with Gasteiger partial charge in [-0.2, -0.15) is 0 Å². The summed E-state index contributed by atoms with van der Waals surface area (Å²) in [4.78, 5) is 4.68. The molecular formula is C25H36N6O3Si. The molecule has 0 bridgehead atoms. The lowest BCUT2D eigenvalue weighted by Crippen LogP contribution is -2.22. The van der Waals surface area contributed by atoms with Crippen molar-refractivity contribution in [3.8, 4) is 0 Å². The third-order valence-corrected chi connectivity index (χ3v) is 8.75. The molecule has 0 aromatic carbocycles. The maximum absolute atomic E-state index is 6.24. The molecule has 0 N–H and O–H groups in total. The standard InChI is InChI=1S/C25H36N6O3Si/c1-6-18-12-20(33-15-19-11-17(2)34-29-19)13-21(18)24-28-27-23-14-26-25-22(31(23)24)7-8-30(25)16-32-9-10-35(3,4)5/h7-8,11,14,18,20-21H,6,9-10,12-13,15-16H2,1-5H3/t18-,20-,21+/m1/s1.